The molecule has 0 fully saturated rings. The summed E-state index contributed by atoms with van der Waals surface area (Å²) < 4.78 is 7.96. The molecule has 0 radical (unpaired) electrons. The van der Waals surface area contributed by atoms with Crippen LogP contribution in [-0.4, -0.2) is 41.0 Å². The number of halogens is 3. The van der Waals surface area contributed by atoms with Gasteiger partial charge in [-0.25, -0.2) is 4.79 Å². The highest BCUT2D eigenvalue weighted by Gasteiger charge is 2.24. The van der Waals surface area contributed by atoms with Gasteiger partial charge in [0.05, 0.1) is 25.4 Å². The summed E-state index contributed by atoms with van der Waals surface area (Å²) in [5, 5.41) is 5.15. The largest absolute Gasteiger partial charge is 0.383 e. The second-order valence-electron chi connectivity index (χ2n) is 6.99. The molecular formula is C22H23BrCl2N4O2. The number of methoxy groups -OCH3 is 1. The molecule has 3 rings (SSSR count). The topological polar surface area (TPSA) is 50.6 Å². The Morgan fingerprint density at radius 2 is 1.87 bits per heavy atom. The SMILES string of the molecule is COCCN(C(=O)N(Cc1cccc(Br)c1)Cc1ccnn1C)c1cc(Cl)cc(Cl)c1. The molecule has 0 N–H and O–H groups in total. The van der Waals surface area contributed by atoms with Crippen LogP contribution in [0.2, 0.25) is 10.0 Å². The fourth-order valence-corrected chi connectivity index (χ4v) is 4.14. The summed E-state index contributed by atoms with van der Waals surface area (Å²) in [4.78, 5) is 17.2. The van der Waals surface area contributed by atoms with Crippen LogP contribution >= 0.6 is 39.1 Å². The lowest BCUT2D eigenvalue weighted by Gasteiger charge is -2.31. The maximum Gasteiger partial charge on any atom is 0.325 e. The molecule has 0 saturated heterocycles. The van der Waals surface area contributed by atoms with Crippen LogP contribution in [0, 0.1) is 0 Å². The molecule has 0 saturated carbocycles. The summed E-state index contributed by atoms with van der Waals surface area (Å²) in [5.41, 5.74) is 2.53. The molecule has 2 aromatic carbocycles. The molecule has 6 nitrogen and oxygen atoms in total. The number of benzene rings is 2. The second-order valence-corrected chi connectivity index (χ2v) is 8.78. The van der Waals surface area contributed by atoms with E-state index in [-0.39, 0.29) is 6.03 Å². The first-order chi connectivity index (χ1) is 14.9. The number of hydrogen-bond acceptors (Lipinski definition) is 3. The lowest BCUT2D eigenvalue weighted by Crippen LogP contribution is -2.44. The molecule has 3 aromatic rings. The van der Waals surface area contributed by atoms with Gasteiger partial charge in [-0.3, -0.25) is 9.58 Å². The fraction of sp³-hybridized carbons (Fsp3) is 0.273. The molecule has 1 aromatic heterocycles. The predicted octanol–water partition coefficient (Wildman–Crippen LogP) is 5.76. The number of carbonyl (C=O) groups is 1. The number of amides is 2. The number of nitrogens with zero attached hydrogens (tertiary/aromatic N) is 4. The van der Waals surface area contributed by atoms with E-state index in [0.717, 1.165) is 15.7 Å². The smallest absolute Gasteiger partial charge is 0.325 e. The van der Waals surface area contributed by atoms with Crippen molar-refractivity contribution < 1.29 is 9.53 Å². The van der Waals surface area contributed by atoms with Gasteiger partial charge < -0.3 is 9.64 Å². The zero-order chi connectivity index (χ0) is 22.4. The Hall–Kier alpha value is -2.06. The molecule has 0 aliphatic rings. The molecule has 0 atom stereocenters. The van der Waals surface area contributed by atoms with Gasteiger partial charge in [-0.05, 0) is 42.0 Å². The number of rotatable bonds is 8. The monoisotopic (exact) mass is 524 g/mol. The van der Waals surface area contributed by atoms with Gasteiger partial charge in [0.15, 0.2) is 0 Å². The first kappa shape index (κ1) is 23.6. The average Bonchev–Trinajstić information content (AvgIpc) is 3.11. The summed E-state index contributed by atoms with van der Waals surface area (Å²) in [7, 11) is 3.46. The van der Waals surface area contributed by atoms with E-state index in [2.05, 4.69) is 21.0 Å². The van der Waals surface area contributed by atoms with Crippen LogP contribution in [0.1, 0.15) is 11.3 Å². The molecule has 0 aliphatic heterocycles. The number of carbonyl (C=O) groups excluding carboxylic acids is 1. The van der Waals surface area contributed by atoms with E-state index in [1.165, 1.54) is 0 Å². The maximum atomic E-state index is 13.8. The number of urea groups is 1. The Kier molecular flexibility index (Phi) is 8.37. The van der Waals surface area contributed by atoms with E-state index >= 15 is 0 Å². The molecule has 1 heterocycles. The lowest BCUT2D eigenvalue weighted by molar-refractivity contribution is 0.184. The minimum Gasteiger partial charge on any atom is -0.383 e. The van der Waals surface area contributed by atoms with Crippen LogP contribution in [0.4, 0.5) is 10.5 Å². The Morgan fingerprint density at radius 3 is 2.48 bits per heavy atom. The Balaban J connectivity index is 1.96. The van der Waals surface area contributed by atoms with Gasteiger partial charge in [-0.2, -0.15) is 5.10 Å². The van der Waals surface area contributed by atoms with Crippen molar-refractivity contribution in [2.45, 2.75) is 13.1 Å². The Labute approximate surface area is 200 Å². The van der Waals surface area contributed by atoms with Crippen molar-refractivity contribution in [3.63, 3.8) is 0 Å². The molecule has 0 spiro atoms. The molecule has 9 heteroatoms. The first-order valence-electron chi connectivity index (χ1n) is 9.60. The highest BCUT2D eigenvalue weighted by molar-refractivity contribution is 9.10. The van der Waals surface area contributed by atoms with Gasteiger partial charge in [-0.15, -0.1) is 0 Å². The van der Waals surface area contributed by atoms with Crippen molar-refractivity contribution >= 4 is 50.9 Å². The number of aryl methyl sites for hydroxylation is 1. The maximum absolute atomic E-state index is 13.8. The molecule has 164 valence electrons. The summed E-state index contributed by atoms with van der Waals surface area (Å²) in [6.45, 7) is 1.53. The van der Waals surface area contributed by atoms with E-state index in [0.29, 0.717) is 42.0 Å². The lowest BCUT2D eigenvalue weighted by atomic mass is 10.2. The third-order valence-corrected chi connectivity index (χ3v) is 5.65. The van der Waals surface area contributed by atoms with Crippen molar-refractivity contribution in [3.05, 3.63) is 80.5 Å². The normalized spacial score (nSPS) is 10.9. The van der Waals surface area contributed by atoms with E-state index in [1.807, 2.05) is 37.4 Å². The average molecular weight is 526 g/mol. The summed E-state index contributed by atoms with van der Waals surface area (Å²) in [6, 6.07) is 14.7. The zero-order valence-electron chi connectivity index (χ0n) is 17.3. The van der Waals surface area contributed by atoms with Gasteiger partial charge >= 0.3 is 6.03 Å². The molecule has 0 unspecified atom stereocenters. The van der Waals surface area contributed by atoms with Crippen LogP contribution in [0.3, 0.4) is 0 Å². The summed E-state index contributed by atoms with van der Waals surface area (Å²) in [5.74, 6) is 0. The van der Waals surface area contributed by atoms with Gasteiger partial charge in [0.1, 0.15) is 0 Å². The fourth-order valence-electron chi connectivity index (χ4n) is 3.18. The minimum absolute atomic E-state index is 0.184. The van der Waals surface area contributed by atoms with Crippen LogP contribution in [-0.2, 0) is 24.9 Å². The van der Waals surface area contributed by atoms with Gasteiger partial charge in [0.25, 0.3) is 0 Å². The van der Waals surface area contributed by atoms with Gasteiger partial charge in [0.2, 0.25) is 0 Å². The molecule has 2 amide bonds. The number of ether oxygens (including phenoxy) is 1. The van der Waals surface area contributed by atoms with Crippen molar-refractivity contribution in [2.24, 2.45) is 7.05 Å². The predicted molar refractivity (Wildman–Crippen MR) is 128 cm³/mol. The standard InChI is InChI=1S/C22H23BrCl2N4O2/c1-27-20(6-7-26-27)15-28(14-16-4-3-5-17(23)10-16)22(30)29(8-9-31-2)21-12-18(24)11-19(25)13-21/h3-7,10-13H,8-9,14-15H2,1-2H3. The van der Waals surface area contributed by atoms with E-state index < -0.39 is 0 Å². The highest BCUT2D eigenvalue weighted by Crippen LogP contribution is 2.27. The number of hydrogen-bond donors (Lipinski definition) is 0. The van der Waals surface area contributed by atoms with E-state index in [4.69, 9.17) is 27.9 Å². The Bertz CT molecular complexity index is 1020. The van der Waals surface area contributed by atoms with E-state index in [9.17, 15) is 4.79 Å². The quantitative estimate of drug-likeness (QED) is 0.375. The Morgan fingerprint density at radius 1 is 1.13 bits per heavy atom. The van der Waals surface area contributed by atoms with Crippen LogP contribution in [0.15, 0.2) is 59.2 Å². The van der Waals surface area contributed by atoms with E-state index in [1.54, 1.807) is 46.0 Å². The first-order valence-corrected chi connectivity index (χ1v) is 11.1. The van der Waals surface area contributed by atoms with Crippen LogP contribution < -0.4 is 4.90 Å². The minimum atomic E-state index is -0.184. The third-order valence-electron chi connectivity index (χ3n) is 4.72. The molecule has 0 bridgehead atoms. The van der Waals surface area contributed by atoms with Crippen molar-refractivity contribution in [2.75, 3.05) is 25.2 Å². The van der Waals surface area contributed by atoms with Crippen molar-refractivity contribution in [3.8, 4) is 0 Å². The number of aromatic nitrogens is 2. The van der Waals surface area contributed by atoms with Crippen molar-refractivity contribution in [1.29, 1.82) is 0 Å². The molecule has 31 heavy (non-hydrogen) atoms. The summed E-state index contributed by atoms with van der Waals surface area (Å²) in [6.07, 6.45) is 1.72. The van der Waals surface area contributed by atoms with Crippen LogP contribution in [0.5, 0.6) is 0 Å². The number of anilines is 1. The molecule has 0 aliphatic carbocycles. The highest BCUT2D eigenvalue weighted by atomic mass is 79.9. The second kappa shape index (κ2) is 11.0. The third kappa shape index (κ3) is 6.46. The van der Waals surface area contributed by atoms with Gasteiger partial charge in [0, 0.05) is 47.1 Å². The molecular weight excluding hydrogens is 503 g/mol. The zero-order valence-corrected chi connectivity index (χ0v) is 20.4. The summed E-state index contributed by atoms with van der Waals surface area (Å²) >= 11 is 15.9. The van der Waals surface area contributed by atoms with Crippen molar-refractivity contribution in [1.82, 2.24) is 14.7 Å². The van der Waals surface area contributed by atoms with Gasteiger partial charge in [-0.1, -0.05) is 51.3 Å². The van der Waals surface area contributed by atoms with Crippen LogP contribution in [0.25, 0.3) is 0 Å².